The molecule has 1 rings (SSSR count). The molecule has 1 aromatic heterocycles. The third-order valence-electron chi connectivity index (χ3n) is 2.20. The molecule has 0 bridgehead atoms. The number of hydrogen-bond acceptors (Lipinski definition) is 3. The summed E-state index contributed by atoms with van der Waals surface area (Å²) < 4.78 is 0. The van der Waals surface area contributed by atoms with Gasteiger partial charge in [0.15, 0.2) is 0 Å². The van der Waals surface area contributed by atoms with Gasteiger partial charge in [0.1, 0.15) is 10.8 Å². The summed E-state index contributed by atoms with van der Waals surface area (Å²) in [7, 11) is 2.00. The van der Waals surface area contributed by atoms with E-state index in [1.165, 1.54) is 0 Å². The monoisotopic (exact) mass is 209 g/mol. The summed E-state index contributed by atoms with van der Waals surface area (Å²) in [4.78, 5) is 6.89. The smallest absolute Gasteiger partial charge is 0.128 e. The number of pyridine rings is 1. The first kappa shape index (κ1) is 10.9. The average molecular weight is 209 g/mol. The van der Waals surface area contributed by atoms with Gasteiger partial charge in [-0.15, -0.1) is 0 Å². The topological polar surface area (TPSA) is 42.1 Å². The zero-order valence-electron chi connectivity index (χ0n) is 8.74. The first-order valence-corrected chi connectivity index (χ1v) is 4.95. The fourth-order valence-electron chi connectivity index (χ4n) is 1.18. The molecule has 0 aromatic carbocycles. The van der Waals surface area contributed by atoms with Gasteiger partial charge in [-0.1, -0.05) is 12.2 Å². The molecule has 1 heterocycles. The number of anilines is 1. The highest BCUT2D eigenvalue weighted by atomic mass is 32.1. The van der Waals surface area contributed by atoms with E-state index >= 15 is 0 Å². The molecule has 1 aromatic rings. The van der Waals surface area contributed by atoms with Crippen LogP contribution in [0.5, 0.6) is 0 Å². The minimum absolute atomic E-state index is 0.403. The first-order valence-electron chi connectivity index (χ1n) is 4.54. The Kier molecular flexibility index (Phi) is 3.41. The van der Waals surface area contributed by atoms with Gasteiger partial charge in [-0.25, -0.2) is 4.98 Å². The van der Waals surface area contributed by atoms with Crippen LogP contribution < -0.4 is 10.6 Å². The maximum absolute atomic E-state index is 5.55. The number of thiocarbonyl (C=S) groups is 1. The predicted molar refractivity (Wildman–Crippen MR) is 63.8 cm³/mol. The zero-order chi connectivity index (χ0) is 10.7. The van der Waals surface area contributed by atoms with Crippen molar-refractivity contribution in [3.8, 4) is 0 Å². The molecular weight excluding hydrogens is 194 g/mol. The Bertz CT molecular complexity index is 349. The number of aryl methyl sites for hydroxylation is 1. The summed E-state index contributed by atoms with van der Waals surface area (Å²) >= 11 is 4.91. The maximum atomic E-state index is 5.55. The highest BCUT2D eigenvalue weighted by Crippen LogP contribution is 2.13. The Hall–Kier alpha value is -1.16. The summed E-state index contributed by atoms with van der Waals surface area (Å²) in [6, 6.07) is 3.86. The minimum Gasteiger partial charge on any atom is -0.389 e. The van der Waals surface area contributed by atoms with Crippen LogP contribution in [0.1, 0.15) is 18.2 Å². The van der Waals surface area contributed by atoms with Crippen molar-refractivity contribution < 1.29 is 0 Å². The van der Waals surface area contributed by atoms with E-state index in [0.29, 0.717) is 4.99 Å². The number of nitrogens with two attached hydrogens (primary N) is 1. The molecule has 0 aliphatic rings. The molecule has 0 unspecified atom stereocenters. The van der Waals surface area contributed by atoms with Gasteiger partial charge < -0.3 is 10.6 Å². The molecule has 0 aliphatic carbocycles. The van der Waals surface area contributed by atoms with Gasteiger partial charge in [0.05, 0.1) is 0 Å². The van der Waals surface area contributed by atoms with Crippen molar-refractivity contribution >= 4 is 23.0 Å². The van der Waals surface area contributed by atoms with E-state index in [-0.39, 0.29) is 0 Å². The van der Waals surface area contributed by atoms with Gasteiger partial charge in [0, 0.05) is 24.8 Å². The van der Waals surface area contributed by atoms with Crippen LogP contribution >= 0.6 is 12.2 Å². The molecule has 0 amide bonds. The fraction of sp³-hybridized carbons (Fsp3) is 0.400. The van der Waals surface area contributed by atoms with E-state index in [1.807, 2.05) is 26.1 Å². The molecule has 2 N–H and O–H groups in total. The van der Waals surface area contributed by atoms with Crippen molar-refractivity contribution in [2.24, 2.45) is 5.73 Å². The van der Waals surface area contributed by atoms with Crippen LogP contribution in [0, 0.1) is 6.92 Å². The number of aromatic nitrogens is 1. The molecule has 4 heteroatoms. The second-order valence-corrected chi connectivity index (χ2v) is 3.62. The number of hydrogen-bond donors (Lipinski definition) is 1. The molecule has 3 nitrogen and oxygen atoms in total. The standard InChI is InChI=1S/C10H15N3S/c1-4-13(3)9-6-5-8(10(11)14)7(2)12-9/h5-6H,4H2,1-3H3,(H2,11,14). The van der Waals surface area contributed by atoms with Crippen molar-refractivity contribution in [3.63, 3.8) is 0 Å². The third-order valence-corrected chi connectivity index (χ3v) is 2.42. The van der Waals surface area contributed by atoms with E-state index < -0.39 is 0 Å². The molecule has 14 heavy (non-hydrogen) atoms. The van der Waals surface area contributed by atoms with E-state index in [0.717, 1.165) is 23.6 Å². The molecule has 0 spiro atoms. The summed E-state index contributed by atoms with van der Waals surface area (Å²) in [6.45, 7) is 4.93. The van der Waals surface area contributed by atoms with Crippen LogP contribution in [0.3, 0.4) is 0 Å². The lowest BCUT2D eigenvalue weighted by Gasteiger charge is -2.16. The molecule has 0 radical (unpaired) electrons. The van der Waals surface area contributed by atoms with Gasteiger partial charge in [-0.05, 0) is 26.0 Å². The molecule has 0 saturated carbocycles. The first-order chi connectivity index (χ1) is 6.56. The SMILES string of the molecule is CCN(C)c1ccc(C(N)=S)c(C)n1. The van der Waals surface area contributed by atoms with E-state index in [4.69, 9.17) is 18.0 Å². The van der Waals surface area contributed by atoms with Crippen LogP contribution in [0.25, 0.3) is 0 Å². The highest BCUT2D eigenvalue weighted by molar-refractivity contribution is 7.80. The van der Waals surface area contributed by atoms with Crippen LogP contribution in [-0.4, -0.2) is 23.6 Å². The summed E-state index contributed by atoms with van der Waals surface area (Å²) in [5.74, 6) is 0.949. The average Bonchev–Trinajstić information content (AvgIpc) is 2.15. The van der Waals surface area contributed by atoms with Crippen LogP contribution in [0.2, 0.25) is 0 Å². The minimum atomic E-state index is 0.403. The largest absolute Gasteiger partial charge is 0.389 e. The quantitative estimate of drug-likeness (QED) is 0.766. The van der Waals surface area contributed by atoms with Crippen LogP contribution in [0.4, 0.5) is 5.82 Å². The number of nitrogens with zero attached hydrogens (tertiary/aromatic N) is 2. The van der Waals surface area contributed by atoms with E-state index in [9.17, 15) is 0 Å². The van der Waals surface area contributed by atoms with Gasteiger partial charge >= 0.3 is 0 Å². The number of rotatable bonds is 3. The fourth-order valence-corrected chi connectivity index (χ4v) is 1.40. The van der Waals surface area contributed by atoms with Gasteiger partial charge in [0.2, 0.25) is 0 Å². The normalized spacial score (nSPS) is 9.93. The van der Waals surface area contributed by atoms with E-state index in [1.54, 1.807) is 0 Å². The zero-order valence-corrected chi connectivity index (χ0v) is 9.56. The Morgan fingerprint density at radius 2 is 2.21 bits per heavy atom. The van der Waals surface area contributed by atoms with Crippen molar-refractivity contribution in [2.75, 3.05) is 18.5 Å². The second-order valence-electron chi connectivity index (χ2n) is 3.18. The molecule has 0 saturated heterocycles. The third kappa shape index (κ3) is 2.20. The van der Waals surface area contributed by atoms with Gasteiger partial charge in [-0.3, -0.25) is 0 Å². The summed E-state index contributed by atoms with van der Waals surface area (Å²) in [5, 5.41) is 0. The van der Waals surface area contributed by atoms with Gasteiger partial charge in [0.25, 0.3) is 0 Å². The van der Waals surface area contributed by atoms with Gasteiger partial charge in [-0.2, -0.15) is 0 Å². The molecule has 0 atom stereocenters. The van der Waals surface area contributed by atoms with Crippen LogP contribution in [0.15, 0.2) is 12.1 Å². The van der Waals surface area contributed by atoms with Crippen molar-refractivity contribution in [1.82, 2.24) is 4.98 Å². The maximum Gasteiger partial charge on any atom is 0.128 e. The lowest BCUT2D eigenvalue weighted by atomic mass is 10.2. The van der Waals surface area contributed by atoms with Crippen LogP contribution in [-0.2, 0) is 0 Å². The highest BCUT2D eigenvalue weighted by Gasteiger charge is 2.05. The molecule has 0 aliphatic heterocycles. The Labute approximate surface area is 89.9 Å². The lowest BCUT2D eigenvalue weighted by Crippen LogP contribution is -2.19. The molecular formula is C10H15N3S. The van der Waals surface area contributed by atoms with Crippen molar-refractivity contribution in [2.45, 2.75) is 13.8 Å². The van der Waals surface area contributed by atoms with Crippen molar-refractivity contribution in [1.29, 1.82) is 0 Å². The molecule has 0 fully saturated rings. The Balaban J connectivity index is 3.06. The summed E-state index contributed by atoms with van der Waals surface area (Å²) in [6.07, 6.45) is 0. The summed E-state index contributed by atoms with van der Waals surface area (Å²) in [5.41, 5.74) is 7.29. The van der Waals surface area contributed by atoms with E-state index in [2.05, 4.69) is 16.8 Å². The molecule has 76 valence electrons. The Morgan fingerprint density at radius 1 is 1.57 bits per heavy atom. The lowest BCUT2D eigenvalue weighted by molar-refractivity contribution is 0.930. The Morgan fingerprint density at radius 3 is 2.64 bits per heavy atom. The predicted octanol–water partition coefficient (Wildman–Crippen LogP) is 1.48. The van der Waals surface area contributed by atoms with Crippen molar-refractivity contribution in [3.05, 3.63) is 23.4 Å². The second kappa shape index (κ2) is 4.37.